The zero-order chi connectivity index (χ0) is 10.0. The van der Waals surface area contributed by atoms with Crippen molar-refractivity contribution in [3.05, 3.63) is 0 Å². The zero-order valence-electron chi connectivity index (χ0n) is 9.59. The topological polar surface area (TPSA) is 12.5 Å². The van der Waals surface area contributed by atoms with Crippen molar-refractivity contribution in [2.45, 2.75) is 33.1 Å². The molecule has 1 unspecified atom stereocenters. The van der Waals surface area contributed by atoms with Crippen molar-refractivity contribution in [2.75, 3.05) is 32.8 Å². The van der Waals surface area contributed by atoms with Gasteiger partial charge in [-0.3, -0.25) is 0 Å². The Hall–Kier alpha value is -0.0800. The number of rotatable bonds is 3. The van der Waals surface area contributed by atoms with Gasteiger partial charge >= 0.3 is 0 Å². The van der Waals surface area contributed by atoms with Crippen LogP contribution >= 0.6 is 0 Å². The molecule has 0 aromatic rings. The van der Waals surface area contributed by atoms with E-state index in [2.05, 4.69) is 18.7 Å². The molecule has 0 aromatic carbocycles. The highest BCUT2D eigenvalue weighted by molar-refractivity contribution is 4.90. The van der Waals surface area contributed by atoms with Crippen LogP contribution in [-0.4, -0.2) is 37.7 Å². The van der Waals surface area contributed by atoms with Crippen molar-refractivity contribution in [1.82, 2.24) is 4.90 Å². The number of nitrogens with zero attached hydrogens (tertiary/aromatic N) is 1. The summed E-state index contributed by atoms with van der Waals surface area (Å²) in [6, 6.07) is 0. The first-order chi connectivity index (χ1) is 6.74. The van der Waals surface area contributed by atoms with Crippen molar-refractivity contribution >= 4 is 0 Å². The van der Waals surface area contributed by atoms with Gasteiger partial charge < -0.3 is 9.64 Å². The Morgan fingerprint density at radius 3 is 2.36 bits per heavy atom. The zero-order valence-corrected chi connectivity index (χ0v) is 9.59. The fraction of sp³-hybridized carbons (Fsp3) is 1.00. The lowest BCUT2D eigenvalue weighted by atomic mass is 9.76. The summed E-state index contributed by atoms with van der Waals surface area (Å²) in [6.45, 7) is 10.6. The molecule has 2 saturated heterocycles. The van der Waals surface area contributed by atoms with Crippen LogP contribution in [-0.2, 0) is 4.74 Å². The molecule has 2 rings (SSSR count). The smallest absolute Gasteiger partial charge is 0.0545 e. The summed E-state index contributed by atoms with van der Waals surface area (Å²) in [5, 5.41) is 0. The molecular weight excluding hydrogens is 174 g/mol. The van der Waals surface area contributed by atoms with Gasteiger partial charge in [-0.25, -0.2) is 0 Å². The van der Waals surface area contributed by atoms with Gasteiger partial charge in [0.15, 0.2) is 0 Å². The summed E-state index contributed by atoms with van der Waals surface area (Å²) >= 11 is 0. The molecule has 2 nitrogen and oxygen atoms in total. The predicted octanol–water partition coefficient (Wildman–Crippen LogP) is 2.14. The van der Waals surface area contributed by atoms with E-state index in [-0.39, 0.29) is 0 Å². The first kappa shape index (κ1) is 10.4. The SMILES string of the molecule is CCC(C)CN1CCC2(CC1)COC2. The molecule has 2 aliphatic heterocycles. The van der Waals surface area contributed by atoms with Crippen molar-refractivity contribution < 1.29 is 4.74 Å². The summed E-state index contributed by atoms with van der Waals surface area (Å²) in [5.74, 6) is 0.863. The fourth-order valence-corrected chi connectivity index (χ4v) is 2.46. The van der Waals surface area contributed by atoms with E-state index in [1.807, 2.05) is 0 Å². The Labute approximate surface area is 87.6 Å². The van der Waals surface area contributed by atoms with Gasteiger partial charge in [0, 0.05) is 12.0 Å². The highest BCUT2D eigenvalue weighted by atomic mass is 16.5. The van der Waals surface area contributed by atoms with Crippen LogP contribution in [0.1, 0.15) is 33.1 Å². The van der Waals surface area contributed by atoms with Gasteiger partial charge in [0.25, 0.3) is 0 Å². The number of hydrogen-bond donors (Lipinski definition) is 0. The van der Waals surface area contributed by atoms with E-state index in [1.165, 1.54) is 38.9 Å². The second-order valence-electron chi connectivity index (χ2n) is 5.31. The maximum absolute atomic E-state index is 5.33. The average molecular weight is 197 g/mol. The van der Waals surface area contributed by atoms with E-state index in [4.69, 9.17) is 4.74 Å². The van der Waals surface area contributed by atoms with Crippen LogP contribution in [0.5, 0.6) is 0 Å². The molecule has 0 bridgehead atoms. The fourth-order valence-electron chi connectivity index (χ4n) is 2.46. The van der Waals surface area contributed by atoms with Crippen molar-refractivity contribution in [3.8, 4) is 0 Å². The Morgan fingerprint density at radius 1 is 1.29 bits per heavy atom. The van der Waals surface area contributed by atoms with E-state index in [1.54, 1.807) is 0 Å². The number of ether oxygens (including phenoxy) is 1. The molecule has 2 heterocycles. The largest absolute Gasteiger partial charge is 0.380 e. The second kappa shape index (κ2) is 4.19. The molecule has 2 heteroatoms. The van der Waals surface area contributed by atoms with Crippen molar-refractivity contribution in [1.29, 1.82) is 0 Å². The highest BCUT2D eigenvalue weighted by Gasteiger charge is 2.40. The quantitative estimate of drug-likeness (QED) is 0.687. The molecule has 0 aromatic heterocycles. The molecule has 0 N–H and O–H groups in total. The van der Waals surface area contributed by atoms with Crippen molar-refractivity contribution in [3.63, 3.8) is 0 Å². The minimum atomic E-state index is 0.603. The van der Waals surface area contributed by atoms with Crippen LogP contribution < -0.4 is 0 Å². The van der Waals surface area contributed by atoms with E-state index in [0.717, 1.165) is 19.1 Å². The lowest BCUT2D eigenvalue weighted by Crippen LogP contribution is -2.51. The molecule has 2 fully saturated rings. The summed E-state index contributed by atoms with van der Waals surface area (Å²) in [4.78, 5) is 2.64. The Morgan fingerprint density at radius 2 is 1.93 bits per heavy atom. The number of piperidine rings is 1. The van der Waals surface area contributed by atoms with Crippen LogP contribution in [0.3, 0.4) is 0 Å². The molecular formula is C12H23NO. The minimum absolute atomic E-state index is 0.603. The normalized spacial score (nSPS) is 28.7. The molecule has 1 atom stereocenters. The van der Waals surface area contributed by atoms with Crippen LogP contribution in [0, 0.1) is 11.3 Å². The lowest BCUT2D eigenvalue weighted by Gasteiger charge is -2.47. The van der Waals surface area contributed by atoms with Crippen molar-refractivity contribution in [2.24, 2.45) is 11.3 Å². The maximum atomic E-state index is 5.33. The van der Waals surface area contributed by atoms with E-state index < -0.39 is 0 Å². The summed E-state index contributed by atoms with van der Waals surface area (Å²) in [7, 11) is 0. The predicted molar refractivity (Wildman–Crippen MR) is 58.4 cm³/mol. The van der Waals surface area contributed by atoms with Gasteiger partial charge in [-0.1, -0.05) is 20.3 Å². The summed E-state index contributed by atoms with van der Waals surface area (Å²) < 4.78 is 5.33. The second-order valence-corrected chi connectivity index (χ2v) is 5.31. The van der Waals surface area contributed by atoms with Gasteiger partial charge in [0.1, 0.15) is 0 Å². The standard InChI is InChI=1S/C12H23NO/c1-3-11(2)8-13-6-4-12(5-7-13)9-14-10-12/h11H,3-10H2,1-2H3. The lowest BCUT2D eigenvalue weighted by molar-refractivity contribution is -0.140. The van der Waals surface area contributed by atoms with Crippen LogP contribution in [0.25, 0.3) is 0 Å². The van der Waals surface area contributed by atoms with Gasteiger partial charge in [-0.05, 0) is 31.8 Å². The summed E-state index contributed by atoms with van der Waals surface area (Å²) in [6.07, 6.45) is 4.04. The van der Waals surface area contributed by atoms with Crippen LogP contribution in [0.4, 0.5) is 0 Å². The van der Waals surface area contributed by atoms with Gasteiger partial charge in [-0.2, -0.15) is 0 Å². The van der Waals surface area contributed by atoms with E-state index >= 15 is 0 Å². The first-order valence-electron chi connectivity index (χ1n) is 6.04. The molecule has 82 valence electrons. The van der Waals surface area contributed by atoms with E-state index in [0.29, 0.717) is 5.41 Å². The minimum Gasteiger partial charge on any atom is -0.380 e. The maximum Gasteiger partial charge on any atom is 0.0545 e. The highest BCUT2D eigenvalue weighted by Crippen LogP contribution is 2.38. The van der Waals surface area contributed by atoms with Crippen LogP contribution in [0.2, 0.25) is 0 Å². The van der Waals surface area contributed by atoms with Gasteiger partial charge in [0.2, 0.25) is 0 Å². The molecule has 14 heavy (non-hydrogen) atoms. The molecule has 0 amide bonds. The number of hydrogen-bond acceptors (Lipinski definition) is 2. The third-order valence-electron chi connectivity index (χ3n) is 4.00. The first-order valence-corrected chi connectivity index (χ1v) is 6.04. The van der Waals surface area contributed by atoms with Gasteiger partial charge in [0.05, 0.1) is 13.2 Å². The number of likely N-dealkylation sites (tertiary alicyclic amines) is 1. The average Bonchev–Trinajstić information content (AvgIpc) is 2.16. The van der Waals surface area contributed by atoms with Crippen LogP contribution in [0.15, 0.2) is 0 Å². The Balaban J connectivity index is 1.73. The Kier molecular flexibility index (Phi) is 3.13. The molecule has 1 spiro atoms. The third kappa shape index (κ3) is 2.12. The van der Waals surface area contributed by atoms with E-state index in [9.17, 15) is 0 Å². The third-order valence-corrected chi connectivity index (χ3v) is 4.00. The molecule has 0 saturated carbocycles. The van der Waals surface area contributed by atoms with Gasteiger partial charge in [-0.15, -0.1) is 0 Å². The molecule has 0 aliphatic carbocycles. The summed E-state index contributed by atoms with van der Waals surface area (Å²) in [5.41, 5.74) is 0.603. The Bertz CT molecular complexity index is 179. The molecule has 0 radical (unpaired) electrons. The molecule has 2 aliphatic rings. The monoisotopic (exact) mass is 197 g/mol.